The van der Waals surface area contributed by atoms with Crippen LogP contribution in [-0.2, 0) is 0 Å². The summed E-state index contributed by atoms with van der Waals surface area (Å²) in [5.74, 6) is 3.29. The lowest BCUT2D eigenvalue weighted by Gasteiger charge is -2.16. The summed E-state index contributed by atoms with van der Waals surface area (Å²) in [6, 6.07) is 0. The number of rotatable bonds is 0. The van der Waals surface area contributed by atoms with Crippen molar-refractivity contribution in [3.8, 4) is 11.5 Å². The Kier molecular flexibility index (Phi) is 2.93. The first-order chi connectivity index (χ1) is 6.79. The molecule has 0 aromatic carbocycles. The van der Waals surface area contributed by atoms with Crippen molar-refractivity contribution in [2.75, 3.05) is 0 Å². The highest BCUT2D eigenvalue weighted by Crippen LogP contribution is 2.26. The Hall–Kier alpha value is -0.743. The lowest BCUT2D eigenvalue weighted by molar-refractivity contribution is 0.841. The monoisotopic (exact) mass is 206 g/mol. The van der Waals surface area contributed by atoms with Gasteiger partial charge in [0.15, 0.2) is 0 Å². The minimum atomic E-state index is -1.29. The third-order valence-corrected chi connectivity index (χ3v) is 3.07. The average Bonchev–Trinajstić information content (AvgIpc) is 2.07. The molecule has 1 heteroatoms. The molecule has 0 fully saturated rings. The van der Waals surface area contributed by atoms with Crippen molar-refractivity contribution in [2.45, 2.75) is 45.8 Å². The molecule has 76 valence electrons. The molecule has 14 heavy (non-hydrogen) atoms. The van der Waals surface area contributed by atoms with Gasteiger partial charge in [0.1, 0.15) is 8.07 Å². The molecule has 0 aliphatic heterocycles. The third-order valence-electron chi connectivity index (χ3n) is 2.19. The topological polar surface area (TPSA) is 0 Å². The summed E-state index contributed by atoms with van der Waals surface area (Å²) in [7, 11) is -1.29. The predicted octanol–water partition coefficient (Wildman–Crippen LogP) is 3.92. The lowest BCUT2D eigenvalue weighted by Crippen LogP contribution is -2.16. The average molecular weight is 206 g/mol. The van der Waals surface area contributed by atoms with E-state index in [4.69, 9.17) is 1.37 Å². The minimum absolute atomic E-state index is 0.139. The fraction of sp³-hybridized carbons (Fsp3) is 0.538. The fourth-order valence-corrected chi connectivity index (χ4v) is 1.89. The van der Waals surface area contributed by atoms with Crippen molar-refractivity contribution < 1.29 is 1.37 Å². The molecule has 0 aromatic rings. The van der Waals surface area contributed by atoms with Gasteiger partial charge in [0, 0.05) is 6.94 Å². The molecule has 0 N–H and O–H groups in total. The standard InChI is InChI=1S/C13H20Si/c1-11-6-7-13(12(2)10-11)8-9-14(3,4)5/h1,6-7,10H2,2-5H3/i6T/t6-/m1/s1. The highest BCUT2D eigenvalue weighted by atomic mass is 28.3. The molecule has 0 heterocycles. The van der Waals surface area contributed by atoms with Crippen molar-refractivity contribution in [2.24, 2.45) is 0 Å². The summed E-state index contributed by atoms with van der Waals surface area (Å²) in [6.07, 6.45) is 1.49. The molecule has 0 nitrogen and oxygen atoms in total. The summed E-state index contributed by atoms with van der Waals surface area (Å²) in [4.78, 5) is 0. The van der Waals surface area contributed by atoms with Crippen LogP contribution in [0.3, 0.4) is 0 Å². The van der Waals surface area contributed by atoms with Crippen LogP contribution in [0.5, 0.6) is 0 Å². The summed E-state index contributed by atoms with van der Waals surface area (Å²) >= 11 is 0. The van der Waals surface area contributed by atoms with E-state index in [1.54, 1.807) is 0 Å². The van der Waals surface area contributed by atoms with Crippen molar-refractivity contribution in [3.63, 3.8) is 0 Å². The van der Waals surface area contributed by atoms with Crippen molar-refractivity contribution in [1.82, 2.24) is 0 Å². The van der Waals surface area contributed by atoms with Crippen LogP contribution in [0.1, 0.15) is 27.5 Å². The Balaban J connectivity index is 2.90. The zero-order valence-electron chi connectivity index (χ0n) is 10.7. The Morgan fingerprint density at radius 3 is 2.64 bits per heavy atom. The van der Waals surface area contributed by atoms with Gasteiger partial charge in [-0.3, -0.25) is 0 Å². The second-order valence-corrected chi connectivity index (χ2v) is 9.75. The second kappa shape index (κ2) is 4.19. The van der Waals surface area contributed by atoms with Crippen LogP contribution in [0, 0.1) is 11.5 Å². The van der Waals surface area contributed by atoms with Gasteiger partial charge in [0.2, 0.25) is 0 Å². The Labute approximate surface area is 90.5 Å². The van der Waals surface area contributed by atoms with E-state index in [-0.39, 0.29) is 6.40 Å². The molecule has 0 bridgehead atoms. The van der Waals surface area contributed by atoms with Gasteiger partial charge in [-0.15, -0.1) is 5.54 Å². The molecule has 0 saturated carbocycles. The molecule has 0 aromatic heterocycles. The largest absolute Gasteiger partial charge is 0.129 e. The van der Waals surface area contributed by atoms with E-state index < -0.39 is 8.07 Å². The Morgan fingerprint density at radius 1 is 1.43 bits per heavy atom. The van der Waals surface area contributed by atoms with Crippen molar-refractivity contribution in [3.05, 3.63) is 23.3 Å². The quantitative estimate of drug-likeness (QED) is 0.320. The Morgan fingerprint density at radius 2 is 2.07 bits per heavy atom. The van der Waals surface area contributed by atoms with Gasteiger partial charge >= 0.3 is 0 Å². The summed E-state index contributed by atoms with van der Waals surface area (Å²) in [6.45, 7) is 12.8. The maximum atomic E-state index is 7.84. The first kappa shape index (κ1) is 9.80. The molecule has 0 amide bonds. The van der Waals surface area contributed by atoms with Gasteiger partial charge < -0.3 is 0 Å². The van der Waals surface area contributed by atoms with Gasteiger partial charge in [-0.1, -0.05) is 43.3 Å². The van der Waals surface area contributed by atoms with Gasteiger partial charge in [0.05, 0.1) is 0 Å². The maximum Gasteiger partial charge on any atom is 0.129 e. The molecule has 0 unspecified atom stereocenters. The molecular weight excluding hydrogens is 184 g/mol. The van der Waals surface area contributed by atoms with E-state index in [1.165, 1.54) is 11.1 Å². The molecular formula is C13H20Si. The molecule has 0 spiro atoms. The van der Waals surface area contributed by atoms with Gasteiger partial charge in [-0.25, -0.2) is 0 Å². The number of hydrogen-bond donors (Lipinski definition) is 0. The fourth-order valence-electron chi connectivity index (χ4n) is 1.36. The molecule has 0 saturated heterocycles. The summed E-state index contributed by atoms with van der Waals surface area (Å²) < 4.78 is 7.84. The highest BCUT2D eigenvalue weighted by molar-refractivity contribution is 6.83. The van der Waals surface area contributed by atoms with E-state index in [1.807, 2.05) is 0 Å². The Bertz CT molecular complexity index is 360. The van der Waals surface area contributed by atoms with Crippen molar-refractivity contribution >= 4 is 8.07 Å². The predicted molar refractivity (Wildman–Crippen MR) is 66.8 cm³/mol. The molecule has 1 rings (SSSR count). The number of allylic oxidation sites excluding steroid dienone is 3. The van der Waals surface area contributed by atoms with E-state index in [2.05, 4.69) is 44.6 Å². The van der Waals surface area contributed by atoms with Crippen LogP contribution in [0.2, 0.25) is 19.6 Å². The summed E-state index contributed by atoms with van der Waals surface area (Å²) in [5.41, 5.74) is 6.91. The van der Waals surface area contributed by atoms with Gasteiger partial charge in [-0.2, -0.15) is 0 Å². The van der Waals surface area contributed by atoms with Crippen molar-refractivity contribution in [1.29, 1.82) is 0 Å². The maximum absolute atomic E-state index is 7.84. The lowest BCUT2D eigenvalue weighted by atomic mass is 9.90. The zero-order chi connectivity index (χ0) is 11.6. The summed E-state index contributed by atoms with van der Waals surface area (Å²) in [5, 5.41) is 0. The van der Waals surface area contributed by atoms with E-state index >= 15 is 0 Å². The SMILES string of the molecule is [3H][C@@H]1CC(C#C[Si](C)(C)C)=C(C)CC1=C. The van der Waals surface area contributed by atoms with E-state index in [0.717, 1.165) is 18.4 Å². The molecule has 1 atom stereocenters. The number of hydrogen-bond acceptors (Lipinski definition) is 0. The smallest absolute Gasteiger partial charge is 0.127 e. The second-order valence-electron chi connectivity index (χ2n) is 5.00. The minimum Gasteiger partial charge on any atom is -0.127 e. The first-order valence-corrected chi connectivity index (χ1v) is 8.61. The van der Waals surface area contributed by atoms with E-state index in [9.17, 15) is 0 Å². The van der Waals surface area contributed by atoms with E-state index in [0.29, 0.717) is 0 Å². The van der Waals surface area contributed by atoms with Crippen LogP contribution in [0.25, 0.3) is 0 Å². The first-order valence-electron chi connectivity index (χ1n) is 5.69. The zero-order valence-corrected chi connectivity index (χ0v) is 10.7. The van der Waals surface area contributed by atoms with Crippen LogP contribution in [-0.4, -0.2) is 8.07 Å². The highest BCUT2D eigenvalue weighted by Gasteiger charge is 2.11. The third kappa shape index (κ3) is 3.55. The van der Waals surface area contributed by atoms with Gasteiger partial charge in [0.25, 0.3) is 0 Å². The molecule has 1 aliphatic rings. The van der Waals surface area contributed by atoms with Gasteiger partial charge in [-0.05, 0) is 26.2 Å². The van der Waals surface area contributed by atoms with Crippen LogP contribution in [0.15, 0.2) is 23.3 Å². The van der Waals surface area contributed by atoms with Crippen LogP contribution < -0.4 is 0 Å². The van der Waals surface area contributed by atoms with Crippen LogP contribution >= 0.6 is 0 Å². The normalized spacial score (nSPS) is 24.1. The van der Waals surface area contributed by atoms with Crippen LogP contribution in [0.4, 0.5) is 0 Å². The molecule has 0 radical (unpaired) electrons. The molecule has 1 aliphatic carbocycles.